The second-order valence-corrected chi connectivity index (χ2v) is 6.46. The van der Waals surface area contributed by atoms with Crippen molar-refractivity contribution >= 4 is 10.0 Å². The lowest BCUT2D eigenvalue weighted by atomic mass is 10.1. The number of aromatic nitrogens is 2. The van der Waals surface area contributed by atoms with Gasteiger partial charge in [-0.2, -0.15) is 0 Å². The molecule has 0 spiro atoms. The Kier molecular flexibility index (Phi) is 4.40. The molecule has 6 nitrogen and oxygen atoms in total. The van der Waals surface area contributed by atoms with E-state index in [4.69, 9.17) is 5.73 Å². The molecule has 8 heteroatoms. The highest BCUT2D eigenvalue weighted by Gasteiger charge is 2.18. The van der Waals surface area contributed by atoms with Crippen LogP contribution in [-0.2, 0) is 30.2 Å². The number of nitrogens with zero attached hydrogens (tertiary/aromatic N) is 2. The number of hydrogen-bond donors (Lipinski definition) is 2. The lowest BCUT2D eigenvalue weighted by molar-refractivity contribution is 0.574. The maximum Gasteiger partial charge on any atom is 0.240 e. The molecular formula is C13H17FN4O2S. The van der Waals surface area contributed by atoms with E-state index >= 15 is 0 Å². The van der Waals surface area contributed by atoms with Gasteiger partial charge in [-0.3, -0.25) is 0 Å². The molecule has 0 radical (unpaired) electrons. The van der Waals surface area contributed by atoms with Crippen LogP contribution in [0.4, 0.5) is 4.39 Å². The fraction of sp³-hybridized carbons (Fsp3) is 0.308. The molecular weight excluding hydrogens is 295 g/mol. The molecule has 1 aromatic carbocycles. The lowest BCUT2D eigenvalue weighted by Crippen LogP contribution is -2.25. The van der Waals surface area contributed by atoms with Crippen LogP contribution >= 0.6 is 0 Å². The van der Waals surface area contributed by atoms with Crippen molar-refractivity contribution in [3.05, 3.63) is 47.3 Å². The second-order valence-electron chi connectivity index (χ2n) is 4.70. The number of benzene rings is 1. The second kappa shape index (κ2) is 5.92. The zero-order valence-electron chi connectivity index (χ0n) is 11.8. The molecule has 21 heavy (non-hydrogen) atoms. The van der Waals surface area contributed by atoms with Crippen molar-refractivity contribution in [2.24, 2.45) is 12.8 Å². The van der Waals surface area contributed by atoms with Gasteiger partial charge in [-0.25, -0.2) is 22.5 Å². The molecule has 1 aromatic heterocycles. The Bertz CT molecular complexity index is 756. The summed E-state index contributed by atoms with van der Waals surface area (Å²) in [7, 11) is -1.98. The third-order valence-corrected chi connectivity index (χ3v) is 4.56. The van der Waals surface area contributed by atoms with Crippen LogP contribution in [0.25, 0.3) is 0 Å². The van der Waals surface area contributed by atoms with Gasteiger partial charge in [0, 0.05) is 31.5 Å². The van der Waals surface area contributed by atoms with Gasteiger partial charge in [-0.05, 0) is 24.6 Å². The predicted molar refractivity (Wildman–Crippen MR) is 76.3 cm³/mol. The van der Waals surface area contributed by atoms with Crippen molar-refractivity contribution < 1.29 is 12.8 Å². The summed E-state index contributed by atoms with van der Waals surface area (Å²) in [5.41, 5.74) is 5.85. The van der Waals surface area contributed by atoms with Gasteiger partial charge in [0.1, 0.15) is 11.6 Å². The molecule has 0 aliphatic heterocycles. The highest BCUT2D eigenvalue weighted by atomic mass is 32.2. The Morgan fingerprint density at radius 2 is 2.14 bits per heavy atom. The highest BCUT2D eigenvalue weighted by molar-refractivity contribution is 7.89. The molecule has 0 atom stereocenters. The summed E-state index contributed by atoms with van der Waals surface area (Å²) in [5, 5.41) is 0. The maximum absolute atomic E-state index is 13.7. The predicted octanol–water partition coefficient (Wildman–Crippen LogP) is 0.805. The molecule has 0 bridgehead atoms. The number of nitrogens with one attached hydrogen (secondary N) is 1. The molecule has 0 amide bonds. The minimum atomic E-state index is -3.75. The van der Waals surface area contributed by atoms with Crippen LogP contribution in [0.3, 0.4) is 0 Å². The van der Waals surface area contributed by atoms with Crippen LogP contribution in [0.5, 0.6) is 0 Å². The van der Waals surface area contributed by atoms with Crippen molar-refractivity contribution in [3.63, 3.8) is 0 Å². The summed E-state index contributed by atoms with van der Waals surface area (Å²) >= 11 is 0. The Labute approximate surface area is 122 Å². The smallest absolute Gasteiger partial charge is 0.240 e. The number of sulfonamides is 1. The largest absolute Gasteiger partial charge is 0.337 e. The Balaban J connectivity index is 2.27. The van der Waals surface area contributed by atoms with Gasteiger partial charge in [0.25, 0.3) is 0 Å². The van der Waals surface area contributed by atoms with Gasteiger partial charge < -0.3 is 10.3 Å². The van der Waals surface area contributed by atoms with E-state index in [0.29, 0.717) is 5.82 Å². The first-order chi connectivity index (χ1) is 9.85. The molecule has 0 aliphatic rings. The van der Waals surface area contributed by atoms with Gasteiger partial charge in [-0.15, -0.1) is 0 Å². The van der Waals surface area contributed by atoms with Gasteiger partial charge >= 0.3 is 0 Å². The van der Waals surface area contributed by atoms with Crippen molar-refractivity contribution in [2.75, 3.05) is 0 Å². The van der Waals surface area contributed by atoms with Crippen molar-refractivity contribution in [1.82, 2.24) is 14.3 Å². The Morgan fingerprint density at radius 1 is 1.43 bits per heavy atom. The fourth-order valence-corrected chi connectivity index (χ4v) is 3.04. The fourth-order valence-electron chi connectivity index (χ4n) is 1.92. The lowest BCUT2D eigenvalue weighted by Gasteiger charge is -2.10. The summed E-state index contributed by atoms with van der Waals surface area (Å²) in [6.07, 6.45) is 3.30. The standard InChI is InChI=1S/C13H17FN4O2S/c1-9-5-11(6-10(7-15)13(9)14)21(19,20)17-8-12-16-3-4-18(12)2/h3-6,17H,7-8,15H2,1-2H3. The molecule has 2 rings (SSSR count). The summed E-state index contributed by atoms with van der Waals surface area (Å²) in [5.74, 6) is 0.108. The van der Waals surface area contributed by atoms with Gasteiger partial charge in [0.15, 0.2) is 0 Å². The number of nitrogens with two attached hydrogens (primary N) is 1. The molecule has 0 saturated carbocycles. The Hall–Kier alpha value is -1.77. The quantitative estimate of drug-likeness (QED) is 0.854. The molecule has 0 fully saturated rings. The number of hydrogen-bond acceptors (Lipinski definition) is 4. The average molecular weight is 312 g/mol. The zero-order valence-corrected chi connectivity index (χ0v) is 12.6. The normalized spacial score (nSPS) is 11.8. The third-order valence-electron chi connectivity index (χ3n) is 3.17. The van der Waals surface area contributed by atoms with Crippen LogP contribution in [0.15, 0.2) is 29.4 Å². The van der Waals surface area contributed by atoms with Crippen molar-refractivity contribution in [3.8, 4) is 0 Å². The topological polar surface area (TPSA) is 90.0 Å². The van der Waals surface area contributed by atoms with E-state index in [1.807, 2.05) is 0 Å². The summed E-state index contributed by atoms with van der Waals surface area (Å²) in [6.45, 7) is 1.50. The molecule has 1 heterocycles. The first kappa shape index (κ1) is 15.6. The van der Waals surface area contributed by atoms with E-state index in [0.717, 1.165) is 0 Å². The van der Waals surface area contributed by atoms with E-state index in [-0.39, 0.29) is 29.1 Å². The van der Waals surface area contributed by atoms with Crippen molar-refractivity contribution in [1.29, 1.82) is 0 Å². The number of imidazole rings is 1. The zero-order chi connectivity index (χ0) is 15.6. The molecule has 0 saturated heterocycles. The minimum Gasteiger partial charge on any atom is -0.337 e. The van der Waals surface area contributed by atoms with E-state index in [9.17, 15) is 12.8 Å². The maximum atomic E-state index is 13.7. The van der Waals surface area contributed by atoms with Crippen LogP contribution in [0.1, 0.15) is 17.0 Å². The van der Waals surface area contributed by atoms with Crippen LogP contribution in [-0.4, -0.2) is 18.0 Å². The number of rotatable bonds is 5. The van der Waals surface area contributed by atoms with E-state index < -0.39 is 15.8 Å². The highest BCUT2D eigenvalue weighted by Crippen LogP contribution is 2.19. The monoisotopic (exact) mass is 312 g/mol. The molecule has 0 unspecified atom stereocenters. The van der Waals surface area contributed by atoms with Gasteiger partial charge in [0.05, 0.1) is 11.4 Å². The van der Waals surface area contributed by atoms with Crippen LogP contribution < -0.4 is 10.5 Å². The molecule has 2 aromatic rings. The third kappa shape index (κ3) is 3.29. The first-order valence-electron chi connectivity index (χ1n) is 6.30. The van der Waals surface area contributed by atoms with E-state index in [1.165, 1.54) is 19.1 Å². The van der Waals surface area contributed by atoms with Gasteiger partial charge in [-0.1, -0.05) is 0 Å². The summed E-state index contributed by atoms with van der Waals surface area (Å²) in [6, 6.07) is 2.54. The molecule has 114 valence electrons. The summed E-state index contributed by atoms with van der Waals surface area (Å²) in [4.78, 5) is 4.03. The van der Waals surface area contributed by atoms with E-state index in [1.54, 1.807) is 24.0 Å². The van der Waals surface area contributed by atoms with Gasteiger partial charge in [0.2, 0.25) is 10.0 Å². The Morgan fingerprint density at radius 3 is 2.71 bits per heavy atom. The average Bonchev–Trinajstić information content (AvgIpc) is 2.85. The number of halogens is 1. The SMILES string of the molecule is Cc1cc(S(=O)(=O)NCc2nccn2C)cc(CN)c1F. The molecule has 0 aliphatic carbocycles. The minimum absolute atomic E-state index is 0.00365. The molecule has 3 N–H and O–H groups in total. The summed E-state index contributed by atoms with van der Waals surface area (Å²) < 4.78 is 42.4. The van der Waals surface area contributed by atoms with E-state index in [2.05, 4.69) is 9.71 Å². The van der Waals surface area contributed by atoms with Crippen LogP contribution in [0.2, 0.25) is 0 Å². The van der Waals surface area contributed by atoms with Crippen LogP contribution in [0, 0.1) is 12.7 Å². The van der Waals surface area contributed by atoms with Crippen molar-refractivity contribution in [2.45, 2.75) is 24.9 Å². The first-order valence-corrected chi connectivity index (χ1v) is 7.78. The number of aryl methyl sites for hydroxylation is 2.